The van der Waals surface area contributed by atoms with Gasteiger partial charge in [-0.3, -0.25) is 10.1 Å². The summed E-state index contributed by atoms with van der Waals surface area (Å²) in [5.74, 6) is 0. The van der Waals surface area contributed by atoms with Crippen LogP contribution in [0.2, 0.25) is 0 Å². The first kappa shape index (κ1) is 7.14. The van der Waals surface area contributed by atoms with Crippen molar-refractivity contribution in [1.29, 1.82) is 0 Å². The first-order chi connectivity index (χ1) is 3.77. The van der Waals surface area contributed by atoms with Crippen LogP contribution in [0.15, 0.2) is 12.3 Å². The minimum atomic E-state index is -0.449. The van der Waals surface area contributed by atoms with E-state index in [1.54, 1.807) is 6.08 Å². The first-order valence-corrected chi connectivity index (χ1v) is 2.57. The van der Waals surface area contributed by atoms with E-state index < -0.39 is 4.92 Å². The van der Waals surface area contributed by atoms with Crippen molar-refractivity contribution in [3.05, 3.63) is 22.4 Å². The molecule has 0 atom stereocenters. The Kier molecular flexibility index (Phi) is 3.84. The molecular formula is C5H9NO2. The molecule has 0 bridgehead atoms. The average molecular weight is 115 g/mol. The van der Waals surface area contributed by atoms with Crippen LogP contribution < -0.4 is 0 Å². The minimum Gasteiger partial charge on any atom is -0.259 e. The molecule has 0 aromatic rings. The van der Waals surface area contributed by atoms with Gasteiger partial charge in [0.05, 0.1) is 4.92 Å². The third-order valence-electron chi connectivity index (χ3n) is 0.682. The van der Waals surface area contributed by atoms with E-state index in [2.05, 4.69) is 0 Å². The summed E-state index contributed by atoms with van der Waals surface area (Å²) in [6, 6.07) is 0. The highest BCUT2D eigenvalue weighted by molar-refractivity contribution is 4.70. The quantitative estimate of drug-likeness (QED) is 0.414. The zero-order chi connectivity index (χ0) is 6.41. The van der Waals surface area contributed by atoms with Gasteiger partial charge in [-0.25, -0.2) is 0 Å². The monoisotopic (exact) mass is 115 g/mol. The fourth-order valence-corrected chi connectivity index (χ4v) is 0.327. The molecule has 3 heteroatoms. The number of allylic oxidation sites excluding steroid dienone is 1. The van der Waals surface area contributed by atoms with E-state index in [1.807, 2.05) is 6.92 Å². The molecule has 0 N–H and O–H groups in total. The Morgan fingerprint density at radius 1 is 1.75 bits per heavy atom. The fourth-order valence-electron chi connectivity index (χ4n) is 0.327. The molecule has 3 nitrogen and oxygen atoms in total. The van der Waals surface area contributed by atoms with Gasteiger partial charge in [0.1, 0.15) is 0 Å². The van der Waals surface area contributed by atoms with Gasteiger partial charge in [-0.05, 0) is 12.5 Å². The van der Waals surface area contributed by atoms with E-state index in [0.717, 1.165) is 19.0 Å². The second-order valence-corrected chi connectivity index (χ2v) is 1.46. The number of nitro groups is 1. The van der Waals surface area contributed by atoms with E-state index in [-0.39, 0.29) is 0 Å². The molecule has 0 spiro atoms. The van der Waals surface area contributed by atoms with Gasteiger partial charge in [-0.15, -0.1) is 0 Å². The number of hydrogen-bond acceptors (Lipinski definition) is 2. The molecule has 0 aliphatic carbocycles. The molecule has 0 aliphatic rings. The van der Waals surface area contributed by atoms with Crippen LogP contribution in [0.25, 0.3) is 0 Å². The van der Waals surface area contributed by atoms with E-state index in [1.165, 1.54) is 0 Å². The van der Waals surface area contributed by atoms with Gasteiger partial charge in [0, 0.05) is 0 Å². The molecule has 0 aromatic carbocycles. The van der Waals surface area contributed by atoms with Crippen molar-refractivity contribution < 1.29 is 4.92 Å². The summed E-state index contributed by atoms with van der Waals surface area (Å²) >= 11 is 0. The van der Waals surface area contributed by atoms with Gasteiger partial charge in [-0.1, -0.05) is 13.3 Å². The maximum Gasteiger partial charge on any atom is 0.230 e. The second kappa shape index (κ2) is 4.30. The summed E-state index contributed by atoms with van der Waals surface area (Å²) in [6.07, 6.45) is 4.29. The van der Waals surface area contributed by atoms with Crippen molar-refractivity contribution in [3.8, 4) is 0 Å². The lowest BCUT2D eigenvalue weighted by atomic mass is 10.3. The summed E-state index contributed by atoms with van der Waals surface area (Å²) in [5.41, 5.74) is 0. The lowest BCUT2D eigenvalue weighted by Gasteiger charge is -1.78. The summed E-state index contributed by atoms with van der Waals surface area (Å²) in [4.78, 5) is 9.14. The van der Waals surface area contributed by atoms with Gasteiger partial charge in [0.2, 0.25) is 6.20 Å². The van der Waals surface area contributed by atoms with Crippen molar-refractivity contribution >= 4 is 0 Å². The van der Waals surface area contributed by atoms with Crippen LogP contribution in [-0.4, -0.2) is 4.92 Å². The topological polar surface area (TPSA) is 43.1 Å². The molecule has 0 fully saturated rings. The molecular weight excluding hydrogens is 106 g/mol. The number of nitrogens with zero attached hydrogens (tertiary/aromatic N) is 1. The molecule has 0 unspecified atom stereocenters. The van der Waals surface area contributed by atoms with Gasteiger partial charge in [-0.2, -0.15) is 0 Å². The van der Waals surface area contributed by atoms with Crippen molar-refractivity contribution in [2.75, 3.05) is 0 Å². The van der Waals surface area contributed by atoms with Crippen LogP contribution >= 0.6 is 0 Å². The lowest BCUT2D eigenvalue weighted by molar-refractivity contribution is -0.402. The van der Waals surface area contributed by atoms with E-state index in [0.29, 0.717) is 0 Å². The Bertz CT molecular complexity index is 98.6. The Balaban J connectivity index is 3.20. The molecule has 0 saturated heterocycles. The van der Waals surface area contributed by atoms with Crippen LogP contribution in [0.4, 0.5) is 0 Å². The molecule has 0 amide bonds. The molecule has 0 radical (unpaired) electrons. The van der Waals surface area contributed by atoms with Crippen molar-refractivity contribution in [1.82, 2.24) is 0 Å². The summed E-state index contributed by atoms with van der Waals surface area (Å²) in [5, 5.41) is 9.59. The summed E-state index contributed by atoms with van der Waals surface area (Å²) in [6.45, 7) is 1.98. The summed E-state index contributed by atoms with van der Waals surface area (Å²) in [7, 11) is 0. The molecule has 0 rings (SSSR count). The van der Waals surface area contributed by atoms with Gasteiger partial charge >= 0.3 is 0 Å². The third-order valence-corrected chi connectivity index (χ3v) is 0.682. The van der Waals surface area contributed by atoms with Crippen LogP contribution in [0, 0.1) is 10.1 Å². The van der Waals surface area contributed by atoms with E-state index in [9.17, 15) is 10.1 Å². The Hall–Kier alpha value is -0.860. The Labute approximate surface area is 48.2 Å². The van der Waals surface area contributed by atoms with Crippen molar-refractivity contribution in [2.45, 2.75) is 19.8 Å². The molecule has 0 saturated carbocycles. The number of hydrogen-bond donors (Lipinski definition) is 0. The van der Waals surface area contributed by atoms with Gasteiger partial charge in [0.25, 0.3) is 0 Å². The predicted octanol–water partition coefficient (Wildman–Crippen LogP) is 1.58. The average Bonchev–Trinajstić information content (AvgIpc) is 1.66. The summed E-state index contributed by atoms with van der Waals surface area (Å²) < 4.78 is 0. The minimum absolute atomic E-state index is 0.449. The molecule has 8 heavy (non-hydrogen) atoms. The zero-order valence-electron chi connectivity index (χ0n) is 4.83. The largest absolute Gasteiger partial charge is 0.259 e. The SMILES string of the molecule is CCC/C=C/[N+](=O)[O-]. The Morgan fingerprint density at radius 3 is 2.75 bits per heavy atom. The van der Waals surface area contributed by atoms with Crippen LogP contribution in [-0.2, 0) is 0 Å². The molecule has 0 aliphatic heterocycles. The lowest BCUT2D eigenvalue weighted by Crippen LogP contribution is -1.81. The maximum atomic E-state index is 9.59. The first-order valence-electron chi connectivity index (χ1n) is 2.57. The number of unbranched alkanes of at least 4 members (excludes halogenated alkanes) is 1. The zero-order valence-corrected chi connectivity index (χ0v) is 4.83. The second-order valence-electron chi connectivity index (χ2n) is 1.46. The highest BCUT2D eigenvalue weighted by atomic mass is 16.6. The third kappa shape index (κ3) is 5.14. The van der Waals surface area contributed by atoms with Crippen LogP contribution in [0.3, 0.4) is 0 Å². The molecule has 46 valence electrons. The standard InChI is InChI=1S/C5H9NO2/c1-2-3-4-5-6(7)8/h4-5H,2-3H2,1H3/b5-4+. The number of rotatable bonds is 3. The van der Waals surface area contributed by atoms with Crippen LogP contribution in [0.5, 0.6) is 0 Å². The van der Waals surface area contributed by atoms with E-state index >= 15 is 0 Å². The Morgan fingerprint density at radius 2 is 2.38 bits per heavy atom. The van der Waals surface area contributed by atoms with E-state index in [4.69, 9.17) is 0 Å². The van der Waals surface area contributed by atoms with Gasteiger partial charge < -0.3 is 0 Å². The van der Waals surface area contributed by atoms with Crippen LogP contribution in [0.1, 0.15) is 19.8 Å². The maximum absolute atomic E-state index is 9.59. The highest BCUT2D eigenvalue weighted by Gasteiger charge is 1.80. The molecule has 0 heterocycles. The van der Waals surface area contributed by atoms with Crippen molar-refractivity contribution in [3.63, 3.8) is 0 Å². The van der Waals surface area contributed by atoms with Crippen molar-refractivity contribution in [2.24, 2.45) is 0 Å². The predicted molar refractivity (Wildman–Crippen MR) is 31.0 cm³/mol. The van der Waals surface area contributed by atoms with Gasteiger partial charge in [0.15, 0.2) is 0 Å². The smallest absolute Gasteiger partial charge is 0.230 e. The fraction of sp³-hybridized carbons (Fsp3) is 0.600. The molecule has 0 aromatic heterocycles. The highest BCUT2D eigenvalue weighted by Crippen LogP contribution is 1.86. The normalized spacial score (nSPS) is 10.1.